The van der Waals surface area contributed by atoms with Gasteiger partial charge in [-0.15, -0.1) is 0 Å². The summed E-state index contributed by atoms with van der Waals surface area (Å²) in [6.45, 7) is 3.47. The van der Waals surface area contributed by atoms with E-state index < -0.39 is 0 Å². The molecule has 0 aliphatic carbocycles. The first-order valence-corrected chi connectivity index (χ1v) is 9.11. The Morgan fingerprint density at radius 2 is 1.85 bits per heavy atom. The topological polar surface area (TPSA) is 23.6 Å². The molecule has 1 aliphatic rings. The molecule has 1 saturated heterocycles. The van der Waals surface area contributed by atoms with Gasteiger partial charge in [0.2, 0.25) is 0 Å². The molecule has 0 radical (unpaired) electrons. The van der Waals surface area contributed by atoms with Gasteiger partial charge in [-0.2, -0.15) is 0 Å². The van der Waals surface area contributed by atoms with Crippen molar-refractivity contribution in [2.75, 3.05) is 38.1 Å². The van der Waals surface area contributed by atoms with E-state index in [2.05, 4.69) is 16.8 Å². The molecule has 0 spiro atoms. The molecule has 0 N–H and O–H groups in total. The summed E-state index contributed by atoms with van der Waals surface area (Å²) in [7, 11) is 2.07. The lowest BCUT2D eigenvalue weighted by Crippen LogP contribution is -2.44. The molecular formula is C20H19Cl2FN2O. The van der Waals surface area contributed by atoms with E-state index >= 15 is 0 Å². The van der Waals surface area contributed by atoms with Gasteiger partial charge in [-0.05, 0) is 49.5 Å². The van der Waals surface area contributed by atoms with E-state index in [1.54, 1.807) is 18.2 Å². The quantitative estimate of drug-likeness (QED) is 0.552. The molecule has 136 valence electrons. The van der Waals surface area contributed by atoms with Crippen LogP contribution >= 0.6 is 23.2 Å². The van der Waals surface area contributed by atoms with Crippen LogP contribution in [0.5, 0.6) is 0 Å². The third-order valence-electron chi connectivity index (χ3n) is 4.47. The van der Waals surface area contributed by atoms with Crippen LogP contribution in [0.15, 0.2) is 42.5 Å². The van der Waals surface area contributed by atoms with E-state index in [9.17, 15) is 9.18 Å². The highest BCUT2D eigenvalue weighted by molar-refractivity contribution is 6.37. The molecule has 2 aromatic carbocycles. The number of carbonyl (C=O) groups excluding carboxylic acids is 1. The van der Waals surface area contributed by atoms with Gasteiger partial charge >= 0.3 is 0 Å². The standard InChI is InChI=1S/C20H19Cl2FN2O/c1-24-9-11-25(12-10-24)19-4-2-3-18(23)16(19)7-8-20(26)15-6-5-14(21)13-17(15)22/h2-8,13H,9-12H2,1H3. The van der Waals surface area contributed by atoms with Gasteiger partial charge < -0.3 is 9.80 Å². The number of allylic oxidation sites excluding steroid dienone is 1. The summed E-state index contributed by atoms with van der Waals surface area (Å²) in [6.07, 6.45) is 2.88. The Bertz CT molecular complexity index is 846. The van der Waals surface area contributed by atoms with E-state index in [1.807, 2.05) is 6.07 Å². The van der Waals surface area contributed by atoms with Crippen molar-refractivity contribution < 1.29 is 9.18 Å². The Morgan fingerprint density at radius 1 is 1.12 bits per heavy atom. The number of likely N-dealkylation sites (N-methyl/N-ethyl adjacent to an activating group) is 1. The van der Waals surface area contributed by atoms with E-state index in [0.717, 1.165) is 31.9 Å². The van der Waals surface area contributed by atoms with Crippen LogP contribution in [0.4, 0.5) is 10.1 Å². The van der Waals surface area contributed by atoms with Crippen LogP contribution in [0.1, 0.15) is 15.9 Å². The predicted octanol–water partition coefficient (Wildman–Crippen LogP) is 4.78. The van der Waals surface area contributed by atoms with Gasteiger partial charge in [0, 0.05) is 48.0 Å². The SMILES string of the molecule is CN1CCN(c2cccc(F)c2C=CC(=O)c2ccc(Cl)cc2Cl)CC1. The van der Waals surface area contributed by atoms with E-state index in [1.165, 1.54) is 24.3 Å². The fourth-order valence-corrected chi connectivity index (χ4v) is 3.45. The fourth-order valence-electron chi connectivity index (χ4n) is 2.95. The second-order valence-electron chi connectivity index (χ2n) is 6.28. The smallest absolute Gasteiger partial charge is 0.187 e. The normalized spacial score (nSPS) is 15.6. The molecule has 0 bridgehead atoms. The summed E-state index contributed by atoms with van der Waals surface area (Å²) in [4.78, 5) is 16.8. The van der Waals surface area contributed by atoms with Gasteiger partial charge in [0.1, 0.15) is 5.82 Å². The number of anilines is 1. The van der Waals surface area contributed by atoms with Crippen molar-refractivity contribution in [3.63, 3.8) is 0 Å². The zero-order chi connectivity index (χ0) is 18.7. The molecule has 0 amide bonds. The van der Waals surface area contributed by atoms with Crippen molar-refractivity contribution in [1.82, 2.24) is 4.90 Å². The first kappa shape index (κ1) is 18.9. The average molecular weight is 393 g/mol. The number of rotatable bonds is 4. The van der Waals surface area contributed by atoms with Gasteiger partial charge in [0.15, 0.2) is 5.78 Å². The lowest BCUT2D eigenvalue weighted by molar-refractivity contribution is 0.104. The highest BCUT2D eigenvalue weighted by Gasteiger charge is 2.18. The van der Waals surface area contributed by atoms with Gasteiger partial charge in [-0.3, -0.25) is 4.79 Å². The molecule has 0 unspecified atom stereocenters. The Kier molecular flexibility index (Phi) is 5.97. The summed E-state index contributed by atoms with van der Waals surface area (Å²) in [5.41, 5.74) is 1.55. The van der Waals surface area contributed by atoms with Crippen molar-refractivity contribution in [1.29, 1.82) is 0 Å². The molecule has 2 aromatic rings. The maximum Gasteiger partial charge on any atom is 0.187 e. The Balaban J connectivity index is 1.87. The molecule has 1 heterocycles. The van der Waals surface area contributed by atoms with Gasteiger partial charge in [-0.25, -0.2) is 4.39 Å². The summed E-state index contributed by atoms with van der Waals surface area (Å²) in [5.74, 6) is -0.646. The second kappa shape index (κ2) is 8.21. The second-order valence-corrected chi connectivity index (χ2v) is 7.13. The van der Waals surface area contributed by atoms with Crippen molar-refractivity contribution >= 4 is 40.7 Å². The van der Waals surface area contributed by atoms with Gasteiger partial charge in [-0.1, -0.05) is 29.3 Å². The lowest BCUT2D eigenvalue weighted by Gasteiger charge is -2.35. The number of carbonyl (C=O) groups is 1. The lowest BCUT2D eigenvalue weighted by atomic mass is 10.1. The molecule has 0 atom stereocenters. The maximum atomic E-state index is 14.4. The van der Waals surface area contributed by atoms with Gasteiger partial charge in [0.05, 0.1) is 5.02 Å². The van der Waals surface area contributed by atoms with E-state index in [0.29, 0.717) is 16.1 Å². The molecule has 3 rings (SSSR count). The Labute approximate surface area is 162 Å². The summed E-state index contributed by atoms with van der Waals surface area (Å²) < 4.78 is 14.4. The molecular weight excluding hydrogens is 374 g/mol. The minimum absolute atomic E-state index is 0.278. The number of benzene rings is 2. The zero-order valence-electron chi connectivity index (χ0n) is 14.4. The van der Waals surface area contributed by atoms with Crippen LogP contribution < -0.4 is 4.90 Å². The van der Waals surface area contributed by atoms with E-state index in [4.69, 9.17) is 23.2 Å². The minimum atomic E-state index is -0.354. The number of nitrogens with zero attached hydrogens (tertiary/aromatic N) is 2. The Hall–Kier alpha value is -1.88. The summed E-state index contributed by atoms with van der Waals surface area (Å²) >= 11 is 11.9. The van der Waals surface area contributed by atoms with Crippen LogP contribution in [-0.2, 0) is 0 Å². The molecule has 1 aliphatic heterocycles. The number of ketones is 1. The van der Waals surface area contributed by atoms with Crippen LogP contribution in [0, 0.1) is 5.82 Å². The van der Waals surface area contributed by atoms with Crippen LogP contribution in [0.3, 0.4) is 0 Å². The molecule has 0 saturated carbocycles. The van der Waals surface area contributed by atoms with Crippen LogP contribution in [0.25, 0.3) is 6.08 Å². The molecule has 6 heteroatoms. The monoisotopic (exact) mass is 392 g/mol. The summed E-state index contributed by atoms with van der Waals surface area (Å²) in [6, 6.07) is 9.67. The third kappa shape index (κ3) is 4.26. The van der Waals surface area contributed by atoms with Crippen molar-refractivity contribution in [3.8, 4) is 0 Å². The van der Waals surface area contributed by atoms with E-state index in [-0.39, 0.29) is 16.6 Å². The first-order valence-electron chi connectivity index (χ1n) is 8.35. The maximum absolute atomic E-state index is 14.4. The van der Waals surface area contributed by atoms with Crippen molar-refractivity contribution in [3.05, 3.63) is 69.5 Å². The molecule has 1 fully saturated rings. The minimum Gasteiger partial charge on any atom is -0.368 e. The zero-order valence-corrected chi connectivity index (χ0v) is 15.9. The van der Waals surface area contributed by atoms with Crippen molar-refractivity contribution in [2.24, 2.45) is 0 Å². The third-order valence-corrected chi connectivity index (χ3v) is 5.02. The molecule has 3 nitrogen and oxygen atoms in total. The average Bonchev–Trinajstić information content (AvgIpc) is 2.61. The highest BCUT2D eigenvalue weighted by atomic mass is 35.5. The number of hydrogen-bond donors (Lipinski definition) is 0. The van der Waals surface area contributed by atoms with Crippen molar-refractivity contribution in [2.45, 2.75) is 0 Å². The largest absolute Gasteiger partial charge is 0.368 e. The molecule has 0 aromatic heterocycles. The van der Waals surface area contributed by atoms with Crippen LogP contribution in [0.2, 0.25) is 10.0 Å². The number of hydrogen-bond acceptors (Lipinski definition) is 3. The fraction of sp³-hybridized carbons (Fsp3) is 0.250. The van der Waals surface area contributed by atoms with Crippen LogP contribution in [-0.4, -0.2) is 43.9 Å². The number of halogens is 3. The Morgan fingerprint density at radius 3 is 2.54 bits per heavy atom. The van der Waals surface area contributed by atoms with Gasteiger partial charge in [0.25, 0.3) is 0 Å². The summed E-state index contributed by atoms with van der Waals surface area (Å²) in [5, 5.41) is 0.738. The molecule has 26 heavy (non-hydrogen) atoms. The first-order chi connectivity index (χ1) is 12.5. The highest BCUT2D eigenvalue weighted by Crippen LogP contribution is 2.27. The number of piperazine rings is 1. The predicted molar refractivity (Wildman–Crippen MR) is 106 cm³/mol.